The molecule has 0 N–H and O–H groups in total. The van der Waals surface area contributed by atoms with Crippen molar-refractivity contribution in [3.63, 3.8) is 0 Å². The van der Waals surface area contributed by atoms with Crippen LogP contribution < -0.4 is 0 Å². The molecule has 0 atom stereocenters. The molecule has 0 spiro atoms. The van der Waals surface area contributed by atoms with Gasteiger partial charge >= 0.3 is 0 Å². The zero-order valence-corrected chi connectivity index (χ0v) is 9.49. The molecule has 0 saturated heterocycles. The van der Waals surface area contributed by atoms with Gasteiger partial charge in [-0.2, -0.15) is 0 Å². The van der Waals surface area contributed by atoms with Crippen molar-refractivity contribution < 1.29 is 0 Å². The van der Waals surface area contributed by atoms with E-state index >= 15 is 0 Å². The fraction of sp³-hybridized carbons (Fsp3) is 0.273. The number of pyridine rings is 1. The van der Waals surface area contributed by atoms with E-state index in [-0.39, 0.29) is 0 Å². The molecule has 0 aliphatic carbocycles. The molecule has 78 valence electrons. The fourth-order valence-electron chi connectivity index (χ4n) is 1.44. The van der Waals surface area contributed by atoms with E-state index in [2.05, 4.69) is 9.97 Å². The van der Waals surface area contributed by atoms with Crippen molar-refractivity contribution in [1.29, 1.82) is 0 Å². The van der Waals surface area contributed by atoms with Gasteiger partial charge in [-0.1, -0.05) is 0 Å². The Morgan fingerprint density at radius 2 is 2.13 bits per heavy atom. The first-order valence-electron chi connectivity index (χ1n) is 4.73. The van der Waals surface area contributed by atoms with Gasteiger partial charge in [-0.3, -0.25) is 4.98 Å². The number of imidazole rings is 1. The molecule has 2 rings (SSSR count). The number of alkyl halides is 1. The molecular weight excluding hydrogens is 210 g/mol. The topological polar surface area (TPSA) is 30.7 Å². The summed E-state index contributed by atoms with van der Waals surface area (Å²) in [5.74, 6) is 0.480. The molecule has 3 nitrogen and oxygen atoms in total. The van der Waals surface area contributed by atoms with Crippen LogP contribution in [0.4, 0.5) is 0 Å². The minimum atomic E-state index is 0.480. The summed E-state index contributed by atoms with van der Waals surface area (Å²) in [7, 11) is 0. The van der Waals surface area contributed by atoms with Gasteiger partial charge in [-0.15, -0.1) is 11.6 Å². The maximum atomic E-state index is 5.77. The van der Waals surface area contributed by atoms with Crippen LogP contribution in [0.1, 0.15) is 17.0 Å². The Bertz CT molecular complexity index is 476. The van der Waals surface area contributed by atoms with E-state index in [1.54, 1.807) is 12.5 Å². The lowest BCUT2D eigenvalue weighted by atomic mass is 10.3. The van der Waals surface area contributed by atoms with E-state index in [0.717, 1.165) is 22.6 Å². The van der Waals surface area contributed by atoms with Gasteiger partial charge in [0.15, 0.2) is 0 Å². The third kappa shape index (κ3) is 1.88. The molecule has 0 unspecified atom stereocenters. The Kier molecular flexibility index (Phi) is 2.73. The van der Waals surface area contributed by atoms with Crippen molar-refractivity contribution >= 4 is 11.6 Å². The maximum absolute atomic E-state index is 5.77. The lowest BCUT2D eigenvalue weighted by Gasteiger charge is -2.05. The van der Waals surface area contributed by atoms with E-state index in [9.17, 15) is 0 Å². The van der Waals surface area contributed by atoms with Crippen molar-refractivity contribution in [2.24, 2.45) is 0 Å². The smallest absolute Gasteiger partial charge is 0.0997 e. The SMILES string of the molecule is Cc1ncn(-c2cncc(CCl)c2)c1C. The van der Waals surface area contributed by atoms with Gasteiger partial charge < -0.3 is 4.57 Å². The van der Waals surface area contributed by atoms with Gasteiger partial charge in [0.25, 0.3) is 0 Å². The summed E-state index contributed by atoms with van der Waals surface area (Å²) in [6.45, 7) is 4.03. The molecule has 2 aromatic heterocycles. The largest absolute Gasteiger partial charge is 0.302 e. The van der Waals surface area contributed by atoms with E-state index in [1.807, 2.05) is 30.7 Å². The second kappa shape index (κ2) is 4.03. The molecule has 4 heteroatoms. The average Bonchev–Trinajstić information content (AvgIpc) is 2.60. The molecule has 0 amide bonds. The number of halogens is 1. The summed E-state index contributed by atoms with van der Waals surface area (Å²) < 4.78 is 2.01. The molecule has 2 aromatic rings. The zero-order valence-electron chi connectivity index (χ0n) is 8.74. The lowest BCUT2D eigenvalue weighted by molar-refractivity contribution is 0.982. The van der Waals surface area contributed by atoms with E-state index < -0.39 is 0 Å². The Labute approximate surface area is 93.7 Å². The van der Waals surface area contributed by atoms with Crippen LogP contribution >= 0.6 is 11.6 Å². The number of hydrogen-bond acceptors (Lipinski definition) is 2. The van der Waals surface area contributed by atoms with E-state index in [1.165, 1.54) is 0 Å². The van der Waals surface area contributed by atoms with Crippen LogP contribution in [0, 0.1) is 13.8 Å². The Hall–Kier alpha value is -1.35. The molecule has 0 saturated carbocycles. The molecule has 0 radical (unpaired) electrons. The summed E-state index contributed by atoms with van der Waals surface area (Å²) >= 11 is 5.77. The first-order valence-corrected chi connectivity index (χ1v) is 5.26. The molecule has 0 aliphatic heterocycles. The number of hydrogen-bond donors (Lipinski definition) is 0. The van der Waals surface area contributed by atoms with Crippen LogP contribution in [-0.2, 0) is 5.88 Å². The first-order chi connectivity index (χ1) is 7.22. The second-order valence-electron chi connectivity index (χ2n) is 3.47. The third-order valence-electron chi connectivity index (χ3n) is 2.46. The predicted octanol–water partition coefficient (Wildman–Crippen LogP) is 2.62. The maximum Gasteiger partial charge on any atom is 0.0997 e. The van der Waals surface area contributed by atoms with Crippen molar-refractivity contribution in [3.8, 4) is 5.69 Å². The van der Waals surface area contributed by atoms with Crippen LogP contribution in [0.25, 0.3) is 5.69 Å². The third-order valence-corrected chi connectivity index (χ3v) is 2.77. The van der Waals surface area contributed by atoms with Crippen molar-refractivity contribution in [1.82, 2.24) is 14.5 Å². The van der Waals surface area contributed by atoms with E-state index in [0.29, 0.717) is 5.88 Å². The highest BCUT2D eigenvalue weighted by Gasteiger charge is 2.04. The zero-order chi connectivity index (χ0) is 10.8. The monoisotopic (exact) mass is 221 g/mol. The molecule has 0 fully saturated rings. The standard InChI is InChI=1S/C11H12ClN3/c1-8-9(2)15(7-14-8)11-3-10(4-12)5-13-6-11/h3,5-7H,4H2,1-2H3. The fourth-order valence-corrected chi connectivity index (χ4v) is 1.58. The number of aromatic nitrogens is 3. The summed E-state index contributed by atoms with van der Waals surface area (Å²) in [6, 6.07) is 2.02. The Morgan fingerprint density at radius 3 is 2.73 bits per heavy atom. The van der Waals surface area contributed by atoms with Gasteiger partial charge in [0, 0.05) is 17.8 Å². The summed E-state index contributed by atoms with van der Waals surface area (Å²) in [5, 5.41) is 0. The van der Waals surface area contributed by atoms with E-state index in [4.69, 9.17) is 11.6 Å². The number of nitrogens with zero attached hydrogens (tertiary/aromatic N) is 3. The quantitative estimate of drug-likeness (QED) is 0.730. The Balaban J connectivity index is 2.49. The highest BCUT2D eigenvalue weighted by molar-refractivity contribution is 6.17. The summed E-state index contributed by atoms with van der Waals surface area (Å²) in [4.78, 5) is 8.40. The molecular formula is C11H12ClN3. The predicted molar refractivity (Wildman–Crippen MR) is 60.4 cm³/mol. The van der Waals surface area contributed by atoms with Crippen molar-refractivity contribution in [3.05, 3.63) is 41.7 Å². The van der Waals surface area contributed by atoms with Crippen LogP contribution in [0.2, 0.25) is 0 Å². The van der Waals surface area contributed by atoms with Crippen molar-refractivity contribution in [2.75, 3.05) is 0 Å². The van der Waals surface area contributed by atoms with Crippen LogP contribution in [0.15, 0.2) is 24.8 Å². The van der Waals surface area contributed by atoms with Crippen molar-refractivity contribution in [2.45, 2.75) is 19.7 Å². The highest BCUT2D eigenvalue weighted by atomic mass is 35.5. The Morgan fingerprint density at radius 1 is 1.33 bits per heavy atom. The van der Waals surface area contributed by atoms with Crippen LogP contribution in [-0.4, -0.2) is 14.5 Å². The van der Waals surface area contributed by atoms with Crippen LogP contribution in [0.5, 0.6) is 0 Å². The van der Waals surface area contributed by atoms with Gasteiger partial charge in [-0.25, -0.2) is 4.98 Å². The van der Waals surface area contributed by atoms with Gasteiger partial charge in [0.05, 0.1) is 23.9 Å². The minimum absolute atomic E-state index is 0.480. The average molecular weight is 222 g/mol. The van der Waals surface area contributed by atoms with Crippen LogP contribution in [0.3, 0.4) is 0 Å². The number of aryl methyl sites for hydroxylation is 1. The highest BCUT2D eigenvalue weighted by Crippen LogP contribution is 2.14. The second-order valence-corrected chi connectivity index (χ2v) is 3.74. The first kappa shape index (κ1) is 10.2. The summed E-state index contributed by atoms with van der Waals surface area (Å²) in [6.07, 6.45) is 5.39. The molecule has 0 aliphatic rings. The van der Waals surface area contributed by atoms with Gasteiger partial charge in [0.2, 0.25) is 0 Å². The summed E-state index contributed by atoms with van der Waals surface area (Å²) in [5.41, 5.74) is 4.18. The lowest BCUT2D eigenvalue weighted by Crippen LogP contribution is -1.97. The molecule has 2 heterocycles. The molecule has 15 heavy (non-hydrogen) atoms. The minimum Gasteiger partial charge on any atom is -0.302 e. The molecule has 0 aromatic carbocycles. The normalized spacial score (nSPS) is 10.6. The number of rotatable bonds is 2. The van der Waals surface area contributed by atoms with Gasteiger partial charge in [-0.05, 0) is 25.5 Å². The molecule has 0 bridgehead atoms. The van der Waals surface area contributed by atoms with Gasteiger partial charge in [0.1, 0.15) is 0 Å².